The van der Waals surface area contributed by atoms with Crippen LogP contribution in [0.4, 0.5) is 4.79 Å². The van der Waals surface area contributed by atoms with Gasteiger partial charge in [-0.05, 0) is 87.1 Å². The Labute approximate surface area is 185 Å². The van der Waals surface area contributed by atoms with Gasteiger partial charge in [-0.1, -0.05) is 36.4 Å². The maximum atomic E-state index is 12.4. The standard InChI is InChI=1S/C27H32N2O2/c1-19-25-12-11-23(17-24(25)13-14-28-19)22-9-7-20(8-10-22)16-21-6-5-15-29(18-21)26(30)31-27(2,3)4/h7-14,17,21H,5-6,15-16,18H2,1-4H3. The van der Waals surface area contributed by atoms with Crippen LogP contribution >= 0.6 is 0 Å². The first-order valence-corrected chi connectivity index (χ1v) is 11.2. The van der Waals surface area contributed by atoms with E-state index >= 15 is 0 Å². The third kappa shape index (κ3) is 5.25. The molecule has 0 bridgehead atoms. The maximum absolute atomic E-state index is 12.4. The molecule has 3 aromatic rings. The zero-order valence-corrected chi connectivity index (χ0v) is 19.0. The fourth-order valence-electron chi connectivity index (χ4n) is 4.40. The Kier molecular flexibility index (Phi) is 5.99. The first-order valence-electron chi connectivity index (χ1n) is 11.2. The molecule has 1 aromatic heterocycles. The minimum Gasteiger partial charge on any atom is -0.444 e. The number of carbonyl (C=O) groups excluding carboxylic acids is 1. The highest BCUT2D eigenvalue weighted by Crippen LogP contribution is 2.27. The van der Waals surface area contributed by atoms with Crippen molar-refractivity contribution in [1.29, 1.82) is 0 Å². The Hall–Kier alpha value is -2.88. The molecule has 0 aliphatic carbocycles. The summed E-state index contributed by atoms with van der Waals surface area (Å²) in [6, 6.07) is 17.5. The van der Waals surface area contributed by atoms with Crippen molar-refractivity contribution in [3.05, 3.63) is 66.0 Å². The molecule has 31 heavy (non-hydrogen) atoms. The van der Waals surface area contributed by atoms with Gasteiger partial charge in [0.05, 0.1) is 0 Å². The fraction of sp³-hybridized carbons (Fsp3) is 0.407. The lowest BCUT2D eigenvalue weighted by Crippen LogP contribution is -2.43. The van der Waals surface area contributed by atoms with Crippen molar-refractivity contribution in [2.45, 2.75) is 52.6 Å². The lowest BCUT2D eigenvalue weighted by Gasteiger charge is -2.34. The summed E-state index contributed by atoms with van der Waals surface area (Å²) in [5.74, 6) is 0.475. The average molecular weight is 417 g/mol. The number of ether oxygens (including phenoxy) is 1. The molecule has 1 unspecified atom stereocenters. The van der Waals surface area contributed by atoms with Gasteiger partial charge in [0.25, 0.3) is 0 Å². The number of piperidine rings is 1. The van der Waals surface area contributed by atoms with E-state index in [0.717, 1.165) is 38.0 Å². The van der Waals surface area contributed by atoms with Crippen LogP contribution in [0, 0.1) is 12.8 Å². The summed E-state index contributed by atoms with van der Waals surface area (Å²) in [7, 11) is 0. The summed E-state index contributed by atoms with van der Waals surface area (Å²) in [6.07, 6.45) is 4.86. The molecule has 0 radical (unpaired) electrons. The number of fused-ring (bicyclic) bond motifs is 1. The maximum Gasteiger partial charge on any atom is 0.410 e. The van der Waals surface area contributed by atoms with Crippen LogP contribution in [0.1, 0.15) is 44.9 Å². The van der Waals surface area contributed by atoms with E-state index in [9.17, 15) is 4.79 Å². The van der Waals surface area contributed by atoms with Gasteiger partial charge in [-0.2, -0.15) is 0 Å². The van der Waals surface area contributed by atoms with E-state index in [4.69, 9.17) is 4.74 Å². The van der Waals surface area contributed by atoms with Gasteiger partial charge in [0.15, 0.2) is 0 Å². The third-order valence-electron chi connectivity index (χ3n) is 5.95. The molecule has 1 fully saturated rings. The van der Waals surface area contributed by atoms with Crippen molar-refractivity contribution in [1.82, 2.24) is 9.88 Å². The minimum absolute atomic E-state index is 0.186. The number of carbonyl (C=O) groups is 1. The molecule has 0 saturated carbocycles. The number of amides is 1. The lowest BCUT2D eigenvalue weighted by atomic mass is 9.90. The van der Waals surface area contributed by atoms with Gasteiger partial charge in [0.1, 0.15) is 5.60 Å². The summed E-state index contributed by atoms with van der Waals surface area (Å²) < 4.78 is 5.56. The van der Waals surface area contributed by atoms with E-state index in [2.05, 4.69) is 53.5 Å². The van der Waals surface area contributed by atoms with Crippen LogP contribution in [-0.2, 0) is 11.2 Å². The molecule has 1 saturated heterocycles. The van der Waals surface area contributed by atoms with Crippen LogP contribution in [0.3, 0.4) is 0 Å². The van der Waals surface area contributed by atoms with Gasteiger partial charge in [0.2, 0.25) is 0 Å². The van der Waals surface area contributed by atoms with E-state index in [0.29, 0.717) is 5.92 Å². The second-order valence-corrected chi connectivity index (χ2v) is 9.67. The molecular weight excluding hydrogens is 384 g/mol. The predicted octanol–water partition coefficient (Wildman–Crippen LogP) is 6.40. The zero-order chi connectivity index (χ0) is 22.0. The Balaban J connectivity index is 1.42. The summed E-state index contributed by atoms with van der Waals surface area (Å²) in [5.41, 5.74) is 4.38. The average Bonchev–Trinajstić information content (AvgIpc) is 2.73. The van der Waals surface area contributed by atoms with Crippen LogP contribution in [0.2, 0.25) is 0 Å². The molecule has 4 nitrogen and oxygen atoms in total. The topological polar surface area (TPSA) is 42.4 Å². The quantitative estimate of drug-likeness (QED) is 0.496. The molecule has 2 heterocycles. The van der Waals surface area contributed by atoms with Gasteiger partial charge >= 0.3 is 6.09 Å². The first-order chi connectivity index (χ1) is 14.8. The van der Waals surface area contributed by atoms with Crippen LogP contribution in [-0.4, -0.2) is 34.7 Å². The van der Waals surface area contributed by atoms with Gasteiger partial charge in [-0.25, -0.2) is 4.79 Å². The van der Waals surface area contributed by atoms with Crippen LogP contribution in [0.15, 0.2) is 54.7 Å². The Bertz CT molecular complexity index is 1070. The Morgan fingerprint density at radius 3 is 2.58 bits per heavy atom. The number of nitrogens with zero attached hydrogens (tertiary/aromatic N) is 2. The molecular formula is C27H32N2O2. The molecule has 0 N–H and O–H groups in total. The summed E-state index contributed by atoms with van der Waals surface area (Å²) in [5, 5.41) is 2.42. The molecule has 1 atom stereocenters. The van der Waals surface area contributed by atoms with Crippen LogP contribution in [0.5, 0.6) is 0 Å². The molecule has 1 amide bonds. The molecule has 1 aliphatic heterocycles. The molecule has 162 valence electrons. The van der Waals surface area contributed by atoms with E-state index in [-0.39, 0.29) is 6.09 Å². The van der Waals surface area contributed by atoms with Gasteiger partial charge in [-0.3, -0.25) is 4.98 Å². The number of pyridine rings is 1. The minimum atomic E-state index is -0.447. The second kappa shape index (κ2) is 8.70. The molecule has 4 heteroatoms. The van der Waals surface area contributed by atoms with E-state index in [1.54, 1.807) is 0 Å². The number of benzene rings is 2. The van der Waals surface area contributed by atoms with Crippen molar-refractivity contribution in [3.8, 4) is 11.1 Å². The SMILES string of the molecule is Cc1nccc2cc(-c3ccc(CC4CCCN(C(=O)OC(C)(C)C)C4)cc3)ccc12. The van der Waals surface area contributed by atoms with Gasteiger partial charge < -0.3 is 9.64 Å². The number of rotatable bonds is 3. The highest BCUT2D eigenvalue weighted by molar-refractivity contribution is 5.88. The summed E-state index contributed by atoms with van der Waals surface area (Å²) in [6.45, 7) is 9.37. The Morgan fingerprint density at radius 1 is 1.10 bits per heavy atom. The van der Waals surface area contributed by atoms with Crippen molar-refractivity contribution in [2.24, 2.45) is 5.92 Å². The van der Waals surface area contributed by atoms with Crippen molar-refractivity contribution >= 4 is 16.9 Å². The van der Waals surface area contributed by atoms with E-state index in [1.165, 1.54) is 27.5 Å². The van der Waals surface area contributed by atoms with Crippen molar-refractivity contribution in [2.75, 3.05) is 13.1 Å². The highest BCUT2D eigenvalue weighted by atomic mass is 16.6. The van der Waals surface area contributed by atoms with Crippen molar-refractivity contribution in [3.63, 3.8) is 0 Å². The normalized spacial score (nSPS) is 17.0. The number of likely N-dealkylation sites (tertiary alicyclic amines) is 1. The number of hydrogen-bond acceptors (Lipinski definition) is 3. The molecule has 2 aromatic carbocycles. The molecule has 0 spiro atoms. The van der Waals surface area contributed by atoms with Crippen molar-refractivity contribution < 1.29 is 9.53 Å². The van der Waals surface area contributed by atoms with E-state index in [1.807, 2.05) is 38.8 Å². The second-order valence-electron chi connectivity index (χ2n) is 9.67. The van der Waals surface area contributed by atoms with Crippen LogP contribution < -0.4 is 0 Å². The number of aryl methyl sites for hydroxylation is 1. The largest absolute Gasteiger partial charge is 0.444 e. The van der Waals surface area contributed by atoms with Gasteiger partial charge in [0, 0.05) is 30.4 Å². The lowest BCUT2D eigenvalue weighted by molar-refractivity contribution is 0.0166. The molecule has 1 aliphatic rings. The van der Waals surface area contributed by atoms with E-state index < -0.39 is 5.60 Å². The van der Waals surface area contributed by atoms with Gasteiger partial charge in [-0.15, -0.1) is 0 Å². The zero-order valence-electron chi connectivity index (χ0n) is 19.0. The smallest absolute Gasteiger partial charge is 0.410 e. The molecule has 4 rings (SSSR count). The number of hydrogen-bond donors (Lipinski definition) is 0. The predicted molar refractivity (Wildman–Crippen MR) is 126 cm³/mol. The third-order valence-corrected chi connectivity index (χ3v) is 5.95. The monoisotopic (exact) mass is 416 g/mol. The Morgan fingerprint density at radius 2 is 1.84 bits per heavy atom. The fourth-order valence-corrected chi connectivity index (χ4v) is 4.40. The summed E-state index contributed by atoms with van der Waals surface area (Å²) in [4.78, 5) is 18.7. The highest BCUT2D eigenvalue weighted by Gasteiger charge is 2.27. The summed E-state index contributed by atoms with van der Waals surface area (Å²) >= 11 is 0. The van der Waals surface area contributed by atoms with Crippen LogP contribution in [0.25, 0.3) is 21.9 Å². The number of aromatic nitrogens is 1. The first kappa shape index (κ1) is 21.4.